The van der Waals surface area contributed by atoms with Crippen molar-refractivity contribution in [3.8, 4) is 11.3 Å². The Morgan fingerprint density at radius 1 is 1.16 bits per heavy atom. The average molecular weight is 373 g/mol. The van der Waals surface area contributed by atoms with Gasteiger partial charge in [-0.3, -0.25) is 4.31 Å². The molecule has 0 fully saturated rings. The van der Waals surface area contributed by atoms with E-state index in [0.717, 1.165) is 39.0 Å². The first-order valence-electron chi connectivity index (χ1n) is 8.02. The van der Waals surface area contributed by atoms with Gasteiger partial charge in [-0.25, -0.2) is 13.4 Å². The smallest absolute Gasteiger partial charge is 0.232 e. The number of aryl methyl sites for hydroxylation is 1. The first-order valence-corrected chi connectivity index (χ1v) is 10.2. The van der Waals surface area contributed by atoms with E-state index in [1.54, 1.807) is 0 Å². The average Bonchev–Trinajstić information content (AvgIpc) is 3.01. The minimum Gasteiger partial charge on any atom is -0.270 e. The maximum Gasteiger partial charge on any atom is 0.232 e. The number of sulfonamides is 1. The van der Waals surface area contributed by atoms with Crippen molar-refractivity contribution in [3.63, 3.8) is 0 Å². The Labute approximate surface area is 152 Å². The van der Waals surface area contributed by atoms with Crippen LogP contribution in [0.2, 0.25) is 5.02 Å². The molecule has 128 valence electrons. The second-order valence-corrected chi connectivity index (χ2v) is 8.63. The first-order chi connectivity index (χ1) is 11.9. The quantitative estimate of drug-likeness (QED) is 0.677. The lowest BCUT2D eigenvalue weighted by Gasteiger charge is -2.17. The van der Waals surface area contributed by atoms with Gasteiger partial charge in [0.05, 0.1) is 28.2 Å². The fraction of sp³-hybridized carbons (Fsp3) is 0.211. The van der Waals surface area contributed by atoms with Crippen molar-refractivity contribution >= 4 is 38.2 Å². The maximum absolute atomic E-state index is 11.9. The number of benzene rings is 2. The molecule has 4 nitrogen and oxygen atoms in total. The van der Waals surface area contributed by atoms with E-state index in [0.29, 0.717) is 18.0 Å². The number of fused-ring (bicyclic) bond motifs is 2. The number of pyridine rings is 1. The van der Waals surface area contributed by atoms with Crippen LogP contribution in [0.1, 0.15) is 11.1 Å². The summed E-state index contributed by atoms with van der Waals surface area (Å²) >= 11 is 6.59. The second kappa shape index (κ2) is 5.71. The summed E-state index contributed by atoms with van der Waals surface area (Å²) in [5, 5.41) is 1.68. The van der Waals surface area contributed by atoms with Gasteiger partial charge in [-0.15, -0.1) is 0 Å². The molecule has 3 aromatic rings. The third-order valence-electron chi connectivity index (χ3n) is 4.68. The van der Waals surface area contributed by atoms with Crippen molar-refractivity contribution in [1.82, 2.24) is 4.98 Å². The van der Waals surface area contributed by atoms with Crippen LogP contribution in [0.5, 0.6) is 0 Å². The summed E-state index contributed by atoms with van der Waals surface area (Å²) in [6, 6.07) is 13.7. The molecule has 1 aromatic heterocycles. The number of para-hydroxylation sites is 1. The molecule has 2 aromatic carbocycles. The predicted molar refractivity (Wildman–Crippen MR) is 103 cm³/mol. The highest BCUT2D eigenvalue weighted by Crippen LogP contribution is 2.37. The van der Waals surface area contributed by atoms with Crippen LogP contribution in [0, 0.1) is 6.92 Å². The van der Waals surface area contributed by atoms with Gasteiger partial charge >= 0.3 is 0 Å². The number of anilines is 1. The highest BCUT2D eigenvalue weighted by Gasteiger charge is 2.26. The zero-order chi connectivity index (χ0) is 17.8. The van der Waals surface area contributed by atoms with Gasteiger partial charge in [-0.1, -0.05) is 35.9 Å². The molecule has 1 aliphatic heterocycles. The molecular formula is C19H17ClN2O2S. The number of rotatable bonds is 2. The summed E-state index contributed by atoms with van der Waals surface area (Å²) in [5.41, 5.74) is 5.30. The Bertz CT molecular complexity index is 1110. The highest BCUT2D eigenvalue weighted by atomic mass is 35.5. The maximum atomic E-state index is 11.9. The Kier molecular flexibility index (Phi) is 3.74. The molecule has 0 aliphatic carbocycles. The number of hydrogen-bond donors (Lipinski definition) is 0. The van der Waals surface area contributed by atoms with Crippen LogP contribution in [-0.2, 0) is 16.4 Å². The normalized spacial score (nSPS) is 14.1. The molecule has 1 aliphatic rings. The largest absolute Gasteiger partial charge is 0.270 e. The standard InChI is InChI=1S/C19H17ClN2O2S/c1-12-15-5-3-4-6-16(15)21-19(18(12)20)14-7-8-17-13(11-14)9-10-22(17)25(2,23)24/h3-8,11H,9-10H2,1-2H3. The van der Waals surface area contributed by atoms with Crippen LogP contribution in [0.15, 0.2) is 42.5 Å². The Morgan fingerprint density at radius 3 is 2.68 bits per heavy atom. The molecule has 0 saturated heterocycles. The number of halogens is 1. The van der Waals surface area contributed by atoms with Crippen molar-refractivity contribution in [3.05, 3.63) is 58.6 Å². The van der Waals surface area contributed by atoms with Gasteiger partial charge < -0.3 is 0 Å². The van der Waals surface area contributed by atoms with Gasteiger partial charge in [0.1, 0.15) is 0 Å². The molecule has 0 unspecified atom stereocenters. The number of nitrogens with zero attached hydrogens (tertiary/aromatic N) is 2. The van der Waals surface area contributed by atoms with Crippen LogP contribution in [0.3, 0.4) is 0 Å². The summed E-state index contributed by atoms with van der Waals surface area (Å²) in [4.78, 5) is 4.74. The van der Waals surface area contributed by atoms with Crippen molar-refractivity contribution < 1.29 is 8.42 Å². The zero-order valence-corrected chi connectivity index (χ0v) is 15.5. The van der Waals surface area contributed by atoms with Crippen molar-refractivity contribution in [2.24, 2.45) is 0 Å². The fourth-order valence-corrected chi connectivity index (χ4v) is 4.62. The molecular weight excluding hydrogens is 356 g/mol. The second-order valence-electron chi connectivity index (χ2n) is 6.35. The lowest BCUT2D eigenvalue weighted by Crippen LogP contribution is -2.27. The summed E-state index contributed by atoms with van der Waals surface area (Å²) in [7, 11) is -3.25. The molecule has 0 N–H and O–H groups in total. The van der Waals surface area contributed by atoms with Gasteiger partial charge in [0.2, 0.25) is 10.0 Å². The minimum atomic E-state index is -3.25. The van der Waals surface area contributed by atoms with E-state index in [-0.39, 0.29) is 0 Å². The number of hydrogen-bond acceptors (Lipinski definition) is 3. The van der Waals surface area contributed by atoms with Gasteiger partial charge in [-0.2, -0.15) is 0 Å². The fourth-order valence-electron chi connectivity index (χ4n) is 3.41. The van der Waals surface area contributed by atoms with Crippen molar-refractivity contribution in [1.29, 1.82) is 0 Å². The molecule has 0 amide bonds. The van der Waals surface area contributed by atoms with Gasteiger partial charge in [-0.05, 0) is 42.7 Å². The molecule has 25 heavy (non-hydrogen) atoms. The zero-order valence-electron chi connectivity index (χ0n) is 14.0. The summed E-state index contributed by atoms with van der Waals surface area (Å²) in [5.74, 6) is 0. The molecule has 0 radical (unpaired) electrons. The molecule has 4 rings (SSSR count). The summed E-state index contributed by atoms with van der Waals surface area (Å²) in [6.07, 6.45) is 1.93. The van der Waals surface area contributed by atoms with Crippen LogP contribution >= 0.6 is 11.6 Å². The molecule has 0 spiro atoms. The lowest BCUT2D eigenvalue weighted by molar-refractivity contribution is 0.598. The number of aromatic nitrogens is 1. The van der Waals surface area contributed by atoms with Crippen LogP contribution in [0.25, 0.3) is 22.2 Å². The Balaban J connectivity index is 1.87. The SMILES string of the molecule is Cc1c(Cl)c(-c2ccc3c(c2)CCN3S(C)(=O)=O)nc2ccccc12. The Morgan fingerprint density at radius 2 is 1.92 bits per heavy atom. The molecule has 0 bridgehead atoms. The topological polar surface area (TPSA) is 50.3 Å². The third kappa shape index (κ3) is 2.68. The van der Waals surface area contributed by atoms with Crippen LogP contribution in [0.4, 0.5) is 5.69 Å². The molecule has 6 heteroatoms. The predicted octanol–water partition coefficient (Wildman–Crippen LogP) is 4.19. The van der Waals surface area contributed by atoms with E-state index in [1.165, 1.54) is 10.6 Å². The van der Waals surface area contributed by atoms with E-state index in [1.807, 2.05) is 49.4 Å². The highest BCUT2D eigenvalue weighted by molar-refractivity contribution is 7.92. The summed E-state index contributed by atoms with van der Waals surface area (Å²) in [6.45, 7) is 2.48. The van der Waals surface area contributed by atoms with E-state index in [2.05, 4.69) is 0 Å². The first kappa shape index (κ1) is 16.4. The van der Waals surface area contributed by atoms with E-state index in [9.17, 15) is 8.42 Å². The van der Waals surface area contributed by atoms with Crippen LogP contribution < -0.4 is 4.31 Å². The monoisotopic (exact) mass is 372 g/mol. The van der Waals surface area contributed by atoms with Gasteiger partial charge in [0.15, 0.2) is 0 Å². The molecule has 2 heterocycles. The minimum absolute atomic E-state index is 0.482. The van der Waals surface area contributed by atoms with Crippen LogP contribution in [-0.4, -0.2) is 26.2 Å². The third-order valence-corrected chi connectivity index (χ3v) is 6.33. The van der Waals surface area contributed by atoms with Crippen molar-refractivity contribution in [2.45, 2.75) is 13.3 Å². The molecule has 0 atom stereocenters. The summed E-state index contributed by atoms with van der Waals surface area (Å²) < 4.78 is 25.2. The Hall–Kier alpha value is -2.11. The van der Waals surface area contributed by atoms with Gasteiger partial charge in [0, 0.05) is 17.5 Å². The van der Waals surface area contributed by atoms with E-state index >= 15 is 0 Å². The van der Waals surface area contributed by atoms with E-state index in [4.69, 9.17) is 16.6 Å². The van der Waals surface area contributed by atoms with Gasteiger partial charge in [0.25, 0.3) is 0 Å². The van der Waals surface area contributed by atoms with E-state index < -0.39 is 10.0 Å². The molecule has 0 saturated carbocycles. The van der Waals surface area contributed by atoms with Crippen molar-refractivity contribution in [2.75, 3.05) is 17.1 Å². The lowest BCUT2D eigenvalue weighted by atomic mass is 10.0.